The van der Waals surface area contributed by atoms with Gasteiger partial charge in [-0.05, 0) is 0 Å². The zero-order chi connectivity index (χ0) is 17.8. The van der Waals surface area contributed by atoms with Crippen LogP contribution in [0.4, 0.5) is 0 Å². The van der Waals surface area contributed by atoms with Crippen molar-refractivity contribution in [3.63, 3.8) is 0 Å². The van der Waals surface area contributed by atoms with Gasteiger partial charge in [-0.1, -0.05) is 0 Å². The molecule has 1 fully saturated rings. The first-order chi connectivity index (χ1) is 10.4. The molecule has 1 heterocycles. The monoisotopic (exact) mass is 383 g/mol. The summed E-state index contributed by atoms with van der Waals surface area (Å²) < 4.78 is 78.0. The maximum Gasteiger partial charge on any atom is 0.397 e. The van der Waals surface area contributed by atoms with Gasteiger partial charge in [-0.3, -0.25) is 9.11 Å². The van der Waals surface area contributed by atoms with Crippen molar-refractivity contribution >= 4 is 20.8 Å². The van der Waals surface area contributed by atoms with Gasteiger partial charge in [0.15, 0.2) is 6.29 Å². The topological polar surface area (TPSA) is 212 Å². The van der Waals surface area contributed by atoms with E-state index in [2.05, 4.69) is 8.37 Å². The van der Waals surface area contributed by atoms with E-state index >= 15 is 0 Å². The van der Waals surface area contributed by atoms with E-state index < -0.39 is 58.1 Å². The van der Waals surface area contributed by atoms with E-state index in [9.17, 15) is 27.0 Å². The summed E-state index contributed by atoms with van der Waals surface area (Å²) in [4.78, 5) is 0. The summed E-state index contributed by atoms with van der Waals surface area (Å²) in [7, 11) is -9.93. The minimum atomic E-state index is -5.06. The van der Waals surface area contributed by atoms with Crippen LogP contribution in [0.25, 0.3) is 0 Å². The largest absolute Gasteiger partial charge is 0.397 e. The molecule has 1 unspecified atom stereocenters. The zero-order valence-electron chi connectivity index (χ0n) is 11.5. The Balaban J connectivity index is 2.93. The highest BCUT2D eigenvalue weighted by Gasteiger charge is 2.48. The lowest BCUT2D eigenvalue weighted by atomic mass is 9.99. The van der Waals surface area contributed by atoms with Crippen LogP contribution in [0.2, 0.25) is 0 Å². The Labute approximate surface area is 131 Å². The smallest absolute Gasteiger partial charge is 0.387 e. The normalized spacial score (nSPS) is 32.8. The van der Waals surface area contributed by atoms with Gasteiger partial charge in [-0.25, -0.2) is 8.37 Å². The summed E-state index contributed by atoms with van der Waals surface area (Å²) in [6.45, 7) is -1.08. The minimum absolute atomic E-state index is 0.00510. The van der Waals surface area contributed by atoms with Gasteiger partial charge in [0.05, 0.1) is 13.2 Å². The number of rotatable bonds is 8. The lowest BCUT2D eigenvalue weighted by Crippen LogP contribution is -2.60. The molecule has 23 heavy (non-hydrogen) atoms. The van der Waals surface area contributed by atoms with Gasteiger partial charge >= 0.3 is 20.8 Å². The molecule has 6 N–H and O–H groups in total. The molecule has 0 amide bonds. The molecular weight excluding hydrogens is 366 g/mol. The number of ether oxygens (including phenoxy) is 2. The van der Waals surface area contributed by atoms with E-state index in [-0.39, 0.29) is 13.2 Å². The molecule has 5 atom stereocenters. The third-order valence-corrected chi connectivity index (χ3v) is 3.56. The Morgan fingerprint density at radius 2 is 1.65 bits per heavy atom. The van der Waals surface area contributed by atoms with E-state index in [4.69, 9.17) is 24.3 Å². The number of hydrogen-bond acceptors (Lipinski definition) is 11. The zero-order valence-corrected chi connectivity index (χ0v) is 13.1. The van der Waals surface area contributed by atoms with E-state index in [0.717, 1.165) is 0 Å². The summed E-state index contributed by atoms with van der Waals surface area (Å²) in [5.74, 6) is 0. The summed E-state index contributed by atoms with van der Waals surface area (Å²) >= 11 is 0. The van der Waals surface area contributed by atoms with Gasteiger partial charge in [-0.15, -0.1) is 0 Å². The van der Waals surface area contributed by atoms with Crippen LogP contribution in [0.1, 0.15) is 0 Å². The third-order valence-electron chi connectivity index (χ3n) is 2.66. The van der Waals surface area contributed by atoms with Crippen molar-refractivity contribution in [3.8, 4) is 0 Å². The SMILES string of the molecule is NCCOC1O[C@H](COS(=O)(=O)O)[C@H](O)[C@H](OS(=O)(=O)O)[C@H]1O. The van der Waals surface area contributed by atoms with Gasteiger partial charge < -0.3 is 25.4 Å². The van der Waals surface area contributed by atoms with E-state index in [1.165, 1.54) is 0 Å². The van der Waals surface area contributed by atoms with Crippen molar-refractivity contribution in [2.75, 3.05) is 19.8 Å². The highest BCUT2D eigenvalue weighted by atomic mass is 32.3. The van der Waals surface area contributed by atoms with Crippen LogP contribution in [0.5, 0.6) is 0 Å². The lowest BCUT2D eigenvalue weighted by molar-refractivity contribution is -0.295. The predicted molar refractivity (Wildman–Crippen MR) is 69.6 cm³/mol. The summed E-state index contributed by atoms with van der Waals surface area (Å²) in [5.41, 5.74) is 5.19. The second-order valence-electron chi connectivity index (χ2n) is 4.38. The molecule has 0 aromatic rings. The fraction of sp³-hybridized carbons (Fsp3) is 1.00. The maximum absolute atomic E-state index is 10.8. The summed E-state index contributed by atoms with van der Waals surface area (Å²) in [6, 6.07) is 0. The van der Waals surface area contributed by atoms with Crippen LogP contribution in [0.15, 0.2) is 0 Å². The first-order valence-electron chi connectivity index (χ1n) is 6.05. The van der Waals surface area contributed by atoms with Crippen LogP contribution in [0.3, 0.4) is 0 Å². The van der Waals surface area contributed by atoms with Crippen LogP contribution in [-0.2, 0) is 38.6 Å². The Bertz CT molecular complexity index is 576. The van der Waals surface area contributed by atoms with Gasteiger partial charge in [0, 0.05) is 6.54 Å². The first kappa shape index (κ1) is 20.6. The molecule has 138 valence electrons. The fourth-order valence-corrected chi connectivity index (χ4v) is 2.58. The molecular formula is C8H17NO12S2. The van der Waals surface area contributed by atoms with Gasteiger partial charge in [0.1, 0.15) is 24.4 Å². The lowest BCUT2D eigenvalue weighted by Gasteiger charge is -2.40. The van der Waals surface area contributed by atoms with Gasteiger partial charge in [-0.2, -0.15) is 16.8 Å². The second-order valence-corrected chi connectivity index (χ2v) is 6.52. The van der Waals surface area contributed by atoms with E-state index in [1.54, 1.807) is 0 Å². The highest BCUT2D eigenvalue weighted by Crippen LogP contribution is 2.26. The second kappa shape index (κ2) is 8.08. The standard InChI is InChI=1S/C8H17NO12S2/c9-1-2-18-8-6(11)7(21-23(15,16)17)5(10)4(20-8)3-19-22(12,13)14/h4-8,10-11H,1-3,9H2,(H,12,13,14)(H,15,16,17)/t4-,5+,6-,7+,8?/m1/s1. The van der Waals surface area contributed by atoms with Gasteiger partial charge in [0.25, 0.3) is 0 Å². The van der Waals surface area contributed by atoms with Crippen molar-refractivity contribution < 1.29 is 54.0 Å². The van der Waals surface area contributed by atoms with Gasteiger partial charge in [0.2, 0.25) is 0 Å². The summed E-state index contributed by atoms with van der Waals surface area (Å²) in [5, 5.41) is 19.8. The Morgan fingerprint density at radius 1 is 1.04 bits per heavy atom. The predicted octanol–water partition coefficient (Wildman–Crippen LogP) is -3.58. The molecule has 1 aliphatic rings. The molecule has 0 aromatic carbocycles. The van der Waals surface area contributed by atoms with Crippen molar-refractivity contribution in [1.29, 1.82) is 0 Å². The highest BCUT2D eigenvalue weighted by molar-refractivity contribution is 7.81. The average Bonchev–Trinajstić information content (AvgIpc) is 2.39. The van der Waals surface area contributed by atoms with Crippen LogP contribution >= 0.6 is 0 Å². The molecule has 1 saturated heterocycles. The first-order valence-corrected chi connectivity index (χ1v) is 8.78. The molecule has 13 nitrogen and oxygen atoms in total. The number of aliphatic hydroxyl groups excluding tert-OH is 2. The molecule has 0 saturated carbocycles. The van der Waals surface area contributed by atoms with Crippen molar-refractivity contribution in [1.82, 2.24) is 0 Å². The number of hydrogen-bond donors (Lipinski definition) is 5. The third kappa shape index (κ3) is 6.89. The molecule has 0 aliphatic carbocycles. The average molecular weight is 383 g/mol. The van der Waals surface area contributed by atoms with Crippen molar-refractivity contribution in [2.45, 2.75) is 30.7 Å². The van der Waals surface area contributed by atoms with E-state index in [0.29, 0.717) is 0 Å². The molecule has 0 spiro atoms. The minimum Gasteiger partial charge on any atom is -0.387 e. The Kier molecular flexibility index (Phi) is 7.23. The van der Waals surface area contributed by atoms with Crippen LogP contribution in [0, 0.1) is 0 Å². The number of aliphatic hydroxyl groups is 2. The summed E-state index contributed by atoms with van der Waals surface area (Å²) in [6.07, 6.45) is -8.89. The van der Waals surface area contributed by atoms with Crippen molar-refractivity contribution in [3.05, 3.63) is 0 Å². The number of nitrogens with two attached hydrogens (primary N) is 1. The Hall–Kier alpha value is -0.460. The maximum atomic E-state index is 10.8. The molecule has 15 heteroatoms. The van der Waals surface area contributed by atoms with Crippen molar-refractivity contribution in [2.24, 2.45) is 5.73 Å². The molecule has 1 rings (SSSR count). The Morgan fingerprint density at radius 3 is 2.13 bits per heavy atom. The quantitative estimate of drug-likeness (QED) is 0.257. The fourth-order valence-electron chi connectivity index (χ4n) is 1.77. The van der Waals surface area contributed by atoms with Crippen LogP contribution < -0.4 is 5.73 Å². The van der Waals surface area contributed by atoms with Crippen LogP contribution in [-0.4, -0.2) is 86.6 Å². The molecule has 0 bridgehead atoms. The molecule has 1 aliphatic heterocycles. The molecule has 0 radical (unpaired) electrons. The van der Waals surface area contributed by atoms with E-state index in [1.807, 2.05) is 0 Å². The molecule has 0 aromatic heterocycles.